The summed E-state index contributed by atoms with van der Waals surface area (Å²) in [5.41, 5.74) is 2.48. The lowest BCUT2D eigenvalue weighted by Crippen LogP contribution is -2.54. The topological polar surface area (TPSA) is 93.9 Å². The fourth-order valence-corrected chi connectivity index (χ4v) is 5.45. The number of carbonyl (C=O) groups excluding carboxylic acids is 3. The summed E-state index contributed by atoms with van der Waals surface area (Å²) in [5.74, 6) is -0.526. The molecule has 0 spiro atoms. The summed E-state index contributed by atoms with van der Waals surface area (Å²) in [6.45, 7) is 2.37. The molecule has 2 saturated heterocycles. The molecular weight excluding hydrogens is 492 g/mol. The molecule has 0 radical (unpaired) electrons. The lowest BCUT2D eigenvalue weighted by molar-refractivity contribution is -0.123. The van der Waals surface area contributed by atoms with Gasteiger partial charge in [0.25, 0.3) is 11.8 Å². The van der Waals surface area contributed by atoms with E-state index in [2.05, 4.69) is 17.0 Å². The molecule has 0 bridgehead atoms. The second kappa shape index (κ2) is 11.5. The first-order valence-corrected chi connectivity index (χ1v) is 13.1. The summed E-state index contributed by atoms with van der Waals surface area (Å²) in [4.78, 5) is 46.0. The number of carbonyl (C=O) groups is 3. The lowest BCUT2D eigenvalue weighted by atomic mass is 9.98. The van der Waals surface area contributed by atoms with Crippen molar-refractivity contribution in [2.24, 2.45) is 0 Å². The number of imide groups is 1. The highest BCUT2D eigenvalue weighted by molar-refractivity contribution is 6.23. The second-order valence-electron chi connectivity index (χ2n) is 9.88. The molecular formula is C31H30N4O4. The highest BCUT2D eigenvalue weighted by atomic mass is 16.5. The van der Waals surface area contributed by atoms with Crippen LogP contribution in [0.25, 0.3) is 0 Å². The van der Waals surface area contributed by atoms with Gasteiger partial charge in [-0.15, -0.1) is 0 Å². The zero-order valence-corrected chi connectivity index (χ0v) is 21.8. The zero-order chi connectivity index (χ0) is 27.4. The van der Waals surface area contributed by atoms with Crippen molar-refractivity contribution in [2.75, 3.05) is 25.1 Å². The van der Waals surface area contributed by atoms with E-state index in [1.54, 1.807) is 60.5 Å². The first-order chi connectivity index (χ1) is 19.0. The molecule has 0 saturated carbocycles. The van der Waals surface area contributed by atoms with Crippen LogP contribution >= 0.6 is 0 Å². The van der Waals surface area contributed by atoms with Crippen molar-refractivity contribution in [3.63, 3.8) is 0 Å². The number of rotatable bonds is 7. The average Bonchev–Trinajstić information content (AvgIpc) is 3.27. The third-order valence-corrected chi connectivity index (χ3v) is 7.46. The van der Waals surface area contributed by atoms with E-state index in [9.17, 15) is 14.4 Å². The van der Waals surface area contributed by atoms with E-state index in [1.807, 2.05) is 24.3 Å². The summed E-state index contributed by atoms with van der Waals surface area (Å²) < 4.78 is 5.33. The van der Waals surface area contributed by atoms with Gasteiger partial charge in [-0.3, -0.25) is 19.3 Å². The van der Waals surface area contributed by atoms with Gasteiger partial charge in [0, 0.05) is 31.2 Å². The number of nitriles is 1. The first-order valence-electron chi connectivity index (χ1n) is 13.1. The van der Waals surface area contributed by atoms with E-state index in [-0.39, 0.29) is 24.3 Å². The molecule has 3 amide bonds. The number of anilines is 1. The normalized spacial score (nSPS) is 18.2. The van der Waals surface area contributed by atoms with E-state index < -0.39 is 11.9 Å². The third-order valence-electron chi connectivity index (χ3n) is 7.46. The predicted octanol–water partition coefficient (Wildman–Crippen LogP) is 4.01. The van der Waals surface area contributed by atoms with E-state index in [1.165, 1.54) is 5.56 Å². The number of hydrogen-bond acceptors (Lipinski definition) is 6. The third kappa shape index (κ3) is 5.54. The molecule has 198 valence electrons. The van der Waals surface area contributed by atoms with Gasteiger partial charge in [-0.2, -0.15) is 5.26 Å². The minimum atomic E-state index is -0.905. The van der Waals surface area contributed by atoms with Gasteiger partial charge in [0.2, 0.25) is 5.91 Å². The monoisotopic (exact) mass is 522 g/mol. The van der Waals surface area contributed by atoms with Crippen LogP contribution in [0.15, 0.2) is 78.9 Å². The lowest BCUT2D eigenvalue weighted by Gasteiger charge is -2.40. The summed E-state index contributed by atoms with van der Waals surface area (Å²) in [6, 6.07) is 24.4. The largest absolute Gasteiger partial charge is 0.497 e. The fourth-order valence-electron chi connectivity index (χ4n) is 5.45. The molecule has 0 N–H and O–H groups in total. The van der Waals surface area contributed by atoms with Crippen LogP contribution in [-0.4, -0.2) is 59.8 Å². The van der Waals surface area contributed by atoms with Gasteiger partial charge in [0.05, 0.1) is 30.9 Å². The van der Waals surface area contributed by atoms with Gasteiger partial charge in [-0.05, 0) is 60.9 Å². The summed E-state index contributed by atoms with van der Waals surface area (Å²) in [6.07, 6.45) is 1.30. The number of methoxy groups -OCH3 is 1. The molecule has 0 aromatic heterocycles. The summed E-state index contributed by atoms with van der Waals surface area (Å²) in [7, 11) is 1.54. The quantitative estimate of drug-likeness (QED) is 0.436. The molecule has 0 aliphatic carbocycles. The number of hydrogen-bond donors (Lipinski definition) is 0. The van der Waals surface area contributed by atoms with Crippen molar-refractivity contribution in [3.05, 3.63) is 95.6 Å². The van der Waals surface area contributed by atoms with Gasteiger partial charge in [-0.25, -0.2) is 4.90 Å². The van der Waals surface area contributed by atoms with Crippen LogP contribution in [-0.2, 0) is 16.1 Å². The highest BCUT2D eigenvalue weighted by Crippen LogP contribution is 2.31. The molecule has 1 unspecified atom stereocenters. The minimum absolute atomic E-state index is 0.0846. The van der Waals surface area contributed by atoms with Crippen molar-refractivity contribution in [1.29, 1.82) is 5.26 Å². The van der Waals surface area contributed by atoms with E-state index >= 15 is 0 Å². The van der Waals surface area contributed by atoms with Gasteiger partial charge in [0.15, 0.2) is 0 Å². The Morgan fingerprint density at radius 1 is 1.00 bits per heavy atom. The Bertz CT molecular complexity index is 1390. The Labute approximate surface area is 228 Å². The van der Waals surface area contributed by atoms with Crippen LogP contribution in [0.4, 0.5) is 5.69 Å². The number of amides is 3. The number of benzene rings is 3. The maximum atomic E-state index is 14.0. The Morgan fingerprint density at radius 3 is 2.38 bits per heavy atom. The van der Waals surface area contributed by atoms with Gasteiger partial charge >= 0.3 is 0 Å². The molecule has 8 nitrogen and oxygen atoms in total. The van der Waals surface area contributed by atoms with E-state index in [0.717, 1.165) is 24.5 Å². The number of likely N-dealkylation sites (tertiary alicyclic amines) is 1. The molecule has 5 rings (SSSR count). The molecule has 3 aromatic rings. The highest BCUT2D eigenvalue weighted by Gasteiger charge is 2.47. The van der Waals surface area contributed by atoms with Crippen LogP contribution in [0.3, 0.4) is 0 Å². The molecule has 2 aliphatic heterocycles. The molecule has 2 heterocycles. The van der Waals surface area contributed by atoms with Crippen molar-refractivity contribution in [2.45, 2.75) is 37.9 Å². The maximum Gasteiger partial charge on any atom is 0.257 e. The van der Waals surface area contributed by atoms with Crippen molar-refractivity contribution in [1.82, 2.24) is 9.80 Å². The molecule has 2 fully saturated rings. The van der Waals surface area contributed by atoms with Crippen molar-refractivity contribution < 1.29 is 19.1 Å². The standard InChI is InChI=1S/C31H30N4O4/c1-39-27-9-5-8-24(18-27)30(37)34(26-14-16-33(17-15-26)21-23-6-3-2-4-7-23)28-19-29(36)35(31(28)38)25-12-10-22(20-32)11-13-25/h2-13,18,26,28H,14-17,19,21H2,1H3. The zero-order valence-electron chi connectivity index (χ0n) is 21.8. The molecule has 8 heteroatoms. The number of nitrogens with zero attached hydrogens (tertiary/aromatic N) is 4. The number of piperidine rings is 1. The Kier molecular flexibility index (Phi) is 7.71. The number of ether oxygens (including phenoxy) is 1. The first kappa shape index (κ1) is 26.1. The van der Waals surface area contributed by atoms with Crippen molar-refractivity contribution in [3.8, 4) is 11.8 Å². The summed E-state index contributed by atoms with van der Waals surface area (Å²) >= 11 is 0. The van der Waals surface area contributed by atoms with Crippen LogP contribution in [0.1, 0.15) is 40.7 Å². The molecule has 39 heavy (non-hydrogen) atoms. The Morgan fingerprint density at radius 2 is 1.72 bits per heavy atom. The minimum Gasteiger partial charge on any atom is -0.497 e. The van der Waals surface area contributed by atoms with E-state index in [4.69, 9.17) is 10.00 Å². The molecule has 3 aromatic carbocycles. The van der Waals surface area contributed by atoms with Crippen molar-refractivity contribution >= 4 is 23.4 Å². The fraction of sp³-hybridized carbons (Fsp3) is 0.290. The van der Waals surface area contributed by atoms with Crippen LogP contribution in [0.5, 0.6) is 5.75 Å². The van der Waals surface area contributed by atoms with Crippen LogP contribution in [0, 0.1) is 11.3 Å². The van der Waals surface area contributed by atoms with Crippen LogP contribution in [0.2, 0.25) is 0 Å². The SMILES string of the molecule is COc1cccc(C(=O)N(C2CCN(Cc3ccccc3)CC2)C2CC(=O)N(c3ccc(C#N)cc3)C2=O)c1. The Balaban J connectivity index is 1.40. The smallest absolute Gasteiger partial charge is 0.257 e. The predicted molar refractivity (Wildman–Crippen MR) is 146 cm³/mol. The average molecular weight is 523 g/mol. The van der Waals surface area contributed by atoms with Crippen LogP contribution < -0.4 is 9.64 Å². The molecule has 1 atom stereocenters. The van der Waals surface area contributed by atoms with E-state index in [0.29, 0.717) is 35.4 Å². The van der Waals surface area contributed by atoms with Gasteiger partial charge in [0.1, 0.15) is 11.8 Å². The molecule has 2 aliphatic rings. The van der Waals surface area contributed by atoms with Gasteiger partial charge in [-0.1, -0.05) is 36.4 Å². The maximum absolute atomic E-state index is 14.0. The second-order valence-corrected chi connectivity index (χ2v) is 9.88. The Hall–Kier alpha value is -4.48. The summed E-state index contributed by atoms with van der Waals surface area (Å²) in [5, 5.41) is 9.11. The van der Waals surface area contributed by atoms with Gasteiger partial charge < -0.3 is 9.64 Å².